The highest BCUT2D eigenvalue weighted by atomic mass is 35.5. The van der Waals surface area contributed by atoms with E-state index in [4.69, 9.17) is 23.2 Å². The van der Waals surface area contributed by atoms with Crippen molar-refractivity contribution in [2.75, 3.05) is 23.7 Å². The lowest BCUT2D eigenvalue weighted by Crippen LogP contribution is -2.51. The lowest BCUT2D eigenvalue weighted by Gasteiger charge is -2.57. The van der Waals surface area contributed by atoms with E-state index in [1.165, 1.54) is 49.0 Å². The van der Waals surface area contributed by atoms with Crippen molar-refractivity contribution in [2.24, 2.45) is 17.8 Å². The molecule has 2 aromatic carbocycles. The summed E-state index contributed by atoms with van der Waals surface area (Å²) in [6.45, 7) is 3.64. The third-order valence-electron chi connectivity index (χ3n) is 9.56. The molecule has 42 heavy (non-hydrogen) atoms. The van der Waals surface area contributed by atoms with Crippen LogP contribution in [0.25, 0.3) is 0 Å². The van der Waals surface area contributed by atoms with Crippen LogP contribution in [-0.2, 0) is 31.6 Å². The Morgan fingerprint density at radius 2 is 1.60 bits per heavy atom. The topological polar surface area (TPSA) is 86.8 Å². The van der Waals surface area contributed by atoms with Crippen LogP contribution in [0.5, 0.6) is 0 Å². The minimum Gasteiger partial charge on any atom is -0.354 e. The van der Waals surface area contributed by atoms with E-state index < -0.39 is 28.5 Å². The summed E-state index contributed by atoms with van der Waals surface area (Å²) in [5.74, 6) is 1.59. The Hall–Kier alpha value is -2.29. The smallest absolute Gasteiger partial charge is 0.244 e. The van der Waals surface area contributed by atoms with Crippen molar-refractivity contribution in [1.82, 2.24) is 10.2 Å². The maximum absolute atomic E-state index is 13.8. The van der Waals surface area contributed by atoms with Gasteiger partial charge in [0.25, 0.3) is 0 Å². The summed E-state index contributed by atoms with van der Waals surface area (Å²) in [7, 11) is -3.81. The van der Waals surface area contributed by atoms with Gasteiger partial charge in [0.1, 0.15) is 12.6 Å². The largest absolute Gasteiger partial charge is 0.354 e. The first-order valence-corrected chi connectivity index (χ1v) is 17.6. The van der Waals surface area contributed by atoms with Crippen molar-refractivity contribution in [2.45, 2.75) is 76.8 Å². The van der Waals surface area contributed by atoms with Gasteiger partial charge in [0, 0.05) is 23.1 Å². The standard InChI is InChI=1S/C32H41Cl2N3O4S/c1-4-11-35-31(39)21(2)36(19-25-5-8-27(33)15-29(25)34)30(38)20-37(42(3,40)41)28-9-6-26(7-10-28)32-16-22-12-23(17-32)14-24(13-22)18-32/h5-10,15,21-24H,4,11-14,16-20H2,1-3H3,(H,35,39)/t21-,22?,23?,24?,32?/m1/s1. The molecule has 0 spiro atoms. The van der Waals surface area contributed by atoms with Crippen molar-refractivity contribution >= 4 is 50.7 Å². The zero-order valence-corrected chi connectivity index (χ0v) is 26.9. The quantitative estimate of drug-likeness (QED) is 0.321. The van der Waals surface area contributed by atoms with Crippen molar-refractivity contribution in [3.63, 3.8) is 0 Å². The first-order chi connectivity index (χ1) is 19.9. The molecule has 1 N–H and O–H groups in total. The lowest BCUT2D eigenvalue weighted by atomic mass is 9.48. The lowest BCUT2D eigenvalue weighted by molar-refractivity contribution is -0.139. The van der Waals surface area contributed by atoms with Gasteiger partial charge in [-0.1, -0.05) is 48.3 Å². The first-order valence-electron chi connectivity index (χ1n) is 15.0. The number of nitrogens with one attached hydrogen (secondary N) is 1. The number of halogens is 2. The van der Waals surface area contributed by atoms with E-state index >= 15 is 0 Å². The molecular weight excluding hydrogens is 593 g/mol. The van der Waals surface area contributed by atoms with E-state index in [0.29, 0.717) is 27.8 Å². The van der Waals surface area contributed by atoms with Crippen LogP contribution in [0, 0.1) is 17.8 Å². The van der Waals surface area contributed by atoms with E-state index in [9.17, 15) is 18.0 Å². The highest BCUT2D eigenvalue weighted by Gasteiger charge is 2.51. The number of rotatable bonds is 11. The molecule has 4 aliphatic carbocycles. The molecule has 2 aromatic rings. The highest BCUT2D eigenvalue weighted by molar-refractivity contribution is 7.92. The minimum absolute atomic E-state index is 0.0259. The molecule has 0 heterocycles. The Bertz CT molecular complexity index is 1390. The molecule has 228 valence electrons. The van der Waals surface area contributed by atoms with Crippen LogP contribution in [0.4, 0.5) is 5.69 Å². The van der Waals surface area contributed by atoms with Crippen molar-refractivity contribution in [3.05, 3.63) is 63.6 Å². The van der Waals surface area contributed by atoms with Gasteiger partial charge in [-0.25, -0.2) is 8.42 Å². The molecular formula is C32H41Cl2N3O4S. The fourth-order valence-electron chi connectivity index (χ4n) is 7.87. The molecule has 10 heteroatoms. The number of carbonyl (C=O) groups excluding carboxylic acids is 2. The van der Waals surface area contributed by atoms with Crippen LogP contribution in [-0.4, -0.2) is 50.5 Å². The molecule has 0 aromatic heterocycles. The summed E-state index contributed by atoms with van der Waals surface area (Å²) in [4.78, 5) is 28.2. The average molecular weight is 635 g/mol. The minimum atomic E-state index is -3.81. The second-order valence-electron chi connectivity index (χ2n) is 12.7. The van der Waals surface area contributed by atoms with Crippen molar-refractivity contribution < 1.29 is 18.0 Å². The fraction of sp³-hybridized carbons (Fsp3) is 0.562. The molecule has 4 bridgehead atoms. The third-order valence-corrected chi connectivity index (χ3v) is 11.3. The number of nitrogens with zero attached hydrogens (tertiary/aromatic N) is 2. The summed E-state index contributed by atoms with van der Waals surface area (Å²) >= 11 is 12.5. The SMILES string of the molecule is CCCNC(=O)[C@@H](C)N(Cc1ccc(Cl)cc1Cl)C(=O)CN(c1ccc(C23CC4CC(CC(C4)C2)C3)cc1)S(C)(=O)=O. The summed E-state index contributed by atoms with van der Waals surface area (Å²) in [5.41, 5.74) is 2.52. The highest BCUT2D eigenvalue weighted by Crippen LogP contribution is 2.60. The molecule has 0 radical (unpaired) electrons. The predicted octanol–water partition coefficient (Wildman–Crippen LogP) is 6.17. The van der Waals surface area contributed by atoms with E-state index in [1.807, 2.05) is 19.1 Å². The molecule has 0 saturated heterocycles. The molecule has 7 nitrogen and oxygen atoms in total. The molecule has 2 amide bonds. The summed E-state index contributed by atoms with van der Waals surface area (Å²) in [5, 5.41) is 3.65. The van der Waals surface area contributed by atoms with E-state index in [1.54, 1.807) is 25.1 Å². The average Bonchev–Trinajstić information content (AvgIpc) is 2.92. The summed E-state index contributed by atoms with van der Waals surface area (Å²) in [6, 6.07) is 11.9. The van der Waals surface area contributed by atoms with Crippen LogP contribution in [0.15, 0.2) is 42.5 Å². The summed E-state index contributed by atoms with van der Waals surface area (Å²) < 4.78 is 27.2. The Morgan fingerprint density at radius 1 is 1.00 bits per heavy atom. The molecule has 4 aliphatic rings. The van der Waals surface area contributed by atoms with Crippen LogP contribution < -0.4 is 9.62 Å². The van der Waals surface area contributed by atoms with Crippen LogP contribution in [0.3, 0.4) is 0 Å². The molecule has 1 atom stereocenters. The summed E-state index contributed by atoms with van der Waals surface area (Å²) in [6.07, 6.45) is 9.56. The van der Waals surface area contributed by atoms with Crippen molar-refractivity contribution in [1.29, 1.82) is 0 Å². The Kier molecular flexibility index (Phi) is 9.17. The van der Waals surface area contributed by atoms with Gasteiger partial charge in [0.15, 0.2) is 0 Å². The number of carbonyl (C=O) groups is 2. The Labute approximate surface area is 260 Å². The zero-order valence-electron chi connectivity index (χ0n) is 24.6. The predicted molar refractivity (Wildman–Crippen MR) is 168 cm³/mol. The Balaban J connectivity index is 1.39. The molecule has 0 aliphatic heterocycles. The Morgan fingerprint density at radius 3 is 2.12 bits per heavy atom. The number of hydrogen-bond acceptors (Lipinski definition) is 4. The maximum atomic E-state index is 13.8. The number of benzene rings is 2. The first kappa shape index (κ1) is 31.1. The maximum Gasteiger partial charge on any atom is 0.244 e. The fourth-order valence-corrected chi connectivity index (χ4v) is 9.19. The normalized spacial score (nSPS) is 25.2. The van der Waals surface area contributed by atoms with Gasteiger partial charge in [0.05, 0.1) is 11.9 Å². The van der Waals surface area contributed by atoms with Crippen LogP contribution in [0.1, 0.15) is 69.9 Å². The van der Waals surface area contributed by atoms with Gasteiger partial charge >= 0.3 is 0 Å². The number of sulfonamides is 1. The monoisotopic (exact) mass is 633 g/mol. The second kappa shape index (κ2) is 12.4. The van der Waals surface area contributed by atoms with Gasteiger partial charge in [-0.15, -0.1) is 0 Å². The number of amides is 2. The molecule has 4 saturated carbocycles. The van der Waals surface area contributed by atoms with Gasteiger partial charge in [-0.2, -0.15) is 0 Å². The third kappa shape index (κ3) is 6.61. The van der Waals surface area contributed by atoms with E-state index in [-0.39, 0.29) is 17.9 Å². The van der Waals surface area contributed by atoms with Gasteiger partial charge in [-0.3, -0.25) is 13.9 Å². The molecule has 6 rings (SSSR count). The second-order valence-corrected chi connectivity index (χ2v) is 15.5. The van der Waals surface area contributed by atoms with Gasteiger partial charge in [-0.05, 0) is 110 Å². The van der Waals surface area contributed by atoms with Crippen molar-refractivity contribution in [3.8, 4) is 0 Å². The van der Waals surface area contributed by atoms with E-state index in [0.717, 1.165) is 34.7 Å². The van der Waals surface area contributed by atoms with Gasteiger partial charge in [0.2, 0.25) is 21.8 Å². The molecule has 4 fully saturated rings. The van der Waals surface area contributed by atoms with Crippen LogP contribution >= 0.6 is 23.2 Å². The van der Waals surface area contributed by atoms with E-state index in [2.05, 4.69) is 17.4 Å². The van der Waals surface area contributed by atoms with Crippen LogP contribution in [0.2, 0.25) is 10.0 Å². The number of hydrogen-bond donors (Lipinski definition) is 1. The van der Waals surface area contributed by atoms with Gasteiger partial charge < -0.3 is 10.2 Å². The number of anilines is 1. The molecule has 0 unspecified atom stereocenters. The zero-order chi connectivity index (χ0) is 30.2.